The van der Waals surface area contributed by atoms with Crippen molar-refractivity contribution in [3.8, 4) is 0 Å². The number of amides is 1. The third-order valence-electron chi connectivity index (χ3n) is 4.53. The van der Waals surface area contributed by atoms with E-state index in [1.54, 1.807) is 22.6 Å². The van der Waals surface area contributed by atoms with Crippen LogP contribution in [0.15, 0.2) is 45.4 Å². The molecule has 25 heavy (non-hydrogen) atoms. The first-order chi connectivity index (χ1) is 12.2. The van der Waals surface area contributed by atoms with Gasteiger partial charge in [-0.05, 0) is 30.5 Å². The molecule has 4 heterocycles. The third-order valence-corrected chi connectivity index (χ3v) is 5.50. The summed E-state index contributed by atoms with van der Waals surface area (Å²) in [6, 6.07) is 7.76. The van der Waals surface area contributed by atoms with Gasteiger partial charge in [0.25, 0.3) is 5.91 Å². The summed E-state index contributed by atoms with van der Waals surface area (Å²) >= 11 is 1.66. The Morgan fingerprint density at radius 3 is 3.04 bits per heavy atom. The van der Waals surface area contributed by atoms with Crippen LogP contribution in [0, 0.1) is 0 Å². The summed E-state index contributed by atoms with van der Waals surface area (Å²) in [5, 5.41) is 8.28. The van der Waals surface area contributed by atoms with Crippen LogP contribution < -0.4 is 0 Å². The molecule has 2 aromatic rings. The maximum Gasteiger partial charge on any atom is 0.257 e. The number of furan rings is 1. The molecule has 1 amide bonds. The monoisotopic (exact) mass is 359 g/mol. The van der Waals surface area contributed by atoms with Gasteiger partial charge in [-0.15, -0.1) is 11.3 Å². The van der Waals surface area contributed by atoms with Gasteiger partial charge in [0.05, 0.1) is 31.6 Å². The van der Waals surface area contributed by atoms with E-state index in [0.717, 1.165) is 29.4 Å². The highest BCUT2D eigenvalue weighted by atomic mass is 32.1. The van der Waals surface area contributed by atoms with E-state index in [9.17, 15) is 4.79 Å². The smallest absolute Gasteiger partial charge is 0.257 e. The average molecular weight is 359 g/mol. The molecule has 2 aromatic heterocycles. The van der Waals surface area contributed by atoms with E-state index in [-0.39, 0.29) is 18.1 Å². The van der Waals surface area contributed by atoms with Crippen molar-refractivity contribution in [3.63, 3.8) is 0 Å². The third kappa shape index (κ3) is 3.53. The maximum absolute atomic E-state index is 13.0. The van der Waals surface area contributed by atoms with Crippen LogP contribution in [0.5, 0.6) is 0 Å². The van der Waals surface area contributed by atoms with Gasteiger partial charge in [-0.2, -0.15) is 5.10 Å². The quantitative estimate of drug-likeness (QED) is 0.842. The Bertz CT molecular complexity index is 742. The van der Waals surface area contributed by atoms with Gasteiger partial charge in [-0.25, -0.2) is 5.01 Å². The van der Waals surface area contributed by atoms with E-state index in [0.29, 0.717) is 19.6 Å². The zero-order chi connectivity index (χ0) is 17.2. The standard InChI is InChI=1S/C18H21N3O3S/c1-13-11-20(6-8-23-13)12-18(22)21-15(17-5-3-9-25-17)10-14(19-21)16-4-2-7-24-16/h2-5,7,9,13,15H,6,8,10-12H2,1H3. The van der Waals surface area contributed by atoms with Crippen LogP contribution in [-0.4, -0.2) is 53.9 Å². The number of ether oxygens (including phenoxy) is 1. The van der Waals surface area contributed by atoms with Crippen LogP contribution >= 0.6 is 11.3 Å². The predicted octanol–water partition coefficient (Wildman–Crippen LogP) is 2.74. The lowest BCUT2D eigenvalue weighted by molar-refractivity contribution is -0.136. The summed E-state index contributed by atoms with van der Waals surface area (Å²) in [5.41, 5.74) is 0.826. The second kappa shape index (κ2) is 7.11. The molecule has 2 atom stereocenters. The Morgan fingerprint density at radius 1 is 1.40 bits per heavy atom. The molecule has 0 saturated carbocycles. The van der Waals surface area contributed by atoms with Crippen LogP contribution in [0.3, 0.4) is 0 Å². The molecule has 0 N–H and O–H groups in total. The van der Waals surface area contributed by atoms with Gasteiger partial charge in [-0.1, -0.05) is 6.07 Å². The molecule has 1 saturated heterocycles. The Kier molecular flexibility index (Phi) is 4.70. The zero-order valence-electron chi connectivity index (χ0n) is 14.1. The summed E-state index contributed by atoms with van der Waals surface area (Å²) < 4.78 is 11.0. The molecule has 1 fully saturated rings. The predicted molar refractivity (Wildman–Crippen MR) is 95.6 cm³/mol. The van der Waals surface area contributed by atoms with Gasteiger partial charge in [-0.3, -0.25) is 9.69 Å². The lowest BCUT2D eigenvalue weighted by atomic mass is 10.1. The Labute approximate surface area is 150 Å². The molecule has 132 valence electrons. The topological polar surface area (TPSA) is 58.3 Å². The van der Waals surface area contributed by atoms with Crippen molar-refractivity contribution >= 4 is 23.0 Å². The first kappa shape index (κ1) is 16.5. The number of hydrazone groups is 1. The molecule has 2 aliphatic rings. The maximum atomic E-state index is 13.0. The molecule has 0 spiro atoms. The van der Waals surface area contributed by atoms with Gasteiger partial charge >= 0.3 is 0 Å². The fraction of sp³-hybridized carbons (Fsp3) is 0.444. The second-order valence-corrected chi connectivity index (χ2v) is 7.39. The number of morpholine rings is 1. The van der Waals surface area contributed by atoms with E-state index >= 15 is 0 Å². The number of hydrogen-bond acceptors (Lipinski definition) is 6. The summed E-state index contributed by atoms with van der Waals surface area (Å²) in [4.78, 5) is 16.2. The number of nitrogens with zero attached hydrogens (tertiary/aromatic N) is 3. The number of thiophene rings is 1. The Morgan fingerprint density at radius 2 is 2.32 bits per heavy atom. The molecule has 2 unspecified atom stereocenters. The van der Waals surface area contributed by atoms with E-state index < -0.39 is 0 Å². The highest BCUT2D eigenvalue weighted by Crippen LogP contribution is 2.35. The number of hydrogen-bond donors (Lipinski definition) is 0. The minimum Gasteiger partial charge on any atom is -0.463 e. The Balaban J connectivity index is 1.54. The normalized spacial score (nSPS) is 24.5. The van der Waals surface area contributed by atoms with E-state index in [1.165, 1.54) is 0 Å². The number of carbonyl (C=O) groups is 1. The fourth-order valence-electron chi connectivity index (χ4n) is 3.33. The molecule has 0 aliphatic carbocycles. The van der Waals surface area contributed by atoms with Crippen molar-refractivity contribution in [2.24, 2.45) is 5.10 Å². The molecule has 0 radical (unpaired) electrons. The summed E-state index contributed by atoms with van der Waals surface area (Å²) in [6.07, 6.45) is 2.48. The van der Waals surface area contributed by atoms with Crippen molar-refractivity contribution in [3.05, 3.63) is 46.5 Å². The minimum atomic E-state index is -0.0499. The molecule has 7 heteroatoms. The zero-order valence-corrected chi connectivity index (χ0v) is 14.9. The van der Waals surface area contributed by atoms with E-state index in [4.69, 9.17) is 9.15 Å². The van der Waals surface area contributed by atoms with Crippen molar-refractivity contribution in [1.29, 1.82) is 0 Å². The van der Waals surface area contributed by atoms with Gasteiger partial charge < -0.3 is 9.15 Å². The van der Waals surface area contributed by atoms with Gasteiger partial charge in [0.2, 0.25) is 0 Å². The molecule has 0 bridgehead atoms. The lowest BCUT2D eigenvalue weighted by Gasteiger charge is -2.32. The summed E-state index contributed by atoms with van der Waals surface area (Å²) in [6.45, 7) is 4.63. The van der Waals surface area contributed by atoms with Crippen LogP contribution in [-0.2, 0) is 9.53 Å². The van der Waals surface area contributed by atoms with Crippen LogP contribution in [0.25, 0.3) is 0 Å². The molecular formula is C18H21N3O3S. The highest BCUT2D eigenvalue weighted by molar-refractivity contribution is 7.10. The summed E-state index contributed by atoms with van der Waals surface area (Å²) in [5.74, 6) is 0.755. The van der Waals surface area contributed by atoms with E-state index in [2.05, 4.69) is 16.1 Å². The number of carbonyl (C=O) groups excluding carboxylic acids is 1. The average Bonchev–Trinajstić information content (AvgIpc) is 3.34. The second-order valence-electron chi connectivity index (χ2n) is 6.41. The minimum absolute atomic E-state index is 0.0223. The van der Waals surface area contributed by atoms with E-state index in [1.807, 2.05) is 30.5 Å². The van der Waals surface area contributed by atoms with Crippen molar-refractivity contribution in [1.82, 2.24) is 9.91 Å². The molecular weight excluding hydrogens is 338 g/mol. The van der Waals surface area contributed by atoms with Gasteiger partial charge in [0.1, 0.15) is 11.5 Å². The summed E-state index contributed by atoms with van der Waals surface area (Å²) in [7, 11) is 0. The first-order valence-corrected chi connectivity index (χ1v) is 9.39. The first-order valence-electron chi connectivity index (χ1n) is 8.51. The Hall–Kier alpha value is -1.96. The van der Waals surface area contributed by atoms with Crippen molar-refractivity contribution in [2.45, 2.75) is 25.5 Å². The van der Waals surface area contributed by atoms with Crippen molar-refractivity contribution < 1.29 is 13.9 Å². The van der Waals surface area contributed by atoms with Gasteiger partial charge in [0, 0.05) is 24.4 Å². The van der Waals surface area contributed by atoms with Gasteiger partial charge in [0.15, 0.2) is 0 Å². The highest BCUT2D eigenvalue weighted by Gasteiger charge is 2.35. The molecule has 4 rings (SSSR count). The SMILES string of the molecule is CC1CN(CC(=O)N2N=C(c3ccco3)CC2c2cccs2)CCO1. The lowest BCUT2D eigenvalue weighted by Crippen LogP contribution is -2.46. The van der Waals surface area contributed by atoms with Crippen LogP contribution in [0.4, 0.5) is 0 Å². The number of rotatable bonds is 4. The molecule has 6 nitrogen and oxygen atoms in total. The van der Waals surface area contributed by atoms with Crippen LogP contribution in [0.1, 0.15) is 30.0 Å². The van der Waals surface area contributed by atoms with Crippen LogP contribution in [0.2, 0.25) is 0 Å². The molecule has 2 aliphatic heterocycles. The molecule has 0 aromatic carbocycles. The van der Waals surface area contributed by atoms with Crippen molar-refractivity contribution in [2.75, 3.05) is 26.2 Å². The fourth-order valence-corrected chi connectivity index (χ4v) is 4.14. The largest absolute Gasteiger partial charge is 0.463 e.